The van der Waals surface area contributed by atoms with Crippen LogP contribution in [0.1, 0.15) is 6.42 Å². The third-order valence-corrected chi connectivity index (χ3v) is 5.57. The molecule has 110 valence electrons. The molecule has 0 unspecified atom stereocenters. The topological polar surface area (TPSA) is 58.2 Å². The lowest BCUT2D eigenvalue weighted by Gasteiger charge is -2.10. The molecule has 0 saturated carbocycles. The van der Waals surface area contributed by atoms with Crippen LogP contribution >= 0.6 is 51.5 Å². The Balaban J connectivity index is 0.00000324. The fraction of sp³-hybridized carbons (Fsp3) is 0.400. The molecule has 0 spiro atoms. The van der Waals surface area contributed by atoms with Crippen molar-refractivity contribution in [2.75, 3.05) is 20.1 Å². The molecule has 1 aromatic rings. The highest BCUT2D eigenvalue weighted by atomic mass is 79.9. The summed E-state index contributed by atoms with van der Waals surface area (Å²) in [6.07, 6.45) is 0.692. The zero-order chi connectivity index (χ0) is 13.8. The SMILES string of the molecule is CNCCCNS(=O)(=O)c1ccc(Br)c(Cl)c1Cl.Cl. The van der Waals surface area contributed by atoms with Gasteiger partial charge in [0.15, 0.2) is 0 Å². The Hall–Kier alpha value is 0.440. The van der Waals surface area contributed by atoms with Crippen LogP contribution in [0.4, 0.5) is 0 Å². The molecule has 0 amide bonds. The zero-order valence-corrected chi connectivity index (χ0v) is 14.8. The molecule has 0 bridgehead atoms. The standard InChI is InChI=1S/C10H13BrCl2N2O2S.ClH/c1-14-5-2-6-15-18(16,17)8-4-3-7(11)9(12)10(8)13;/h3-4,14-15H,2,5-6H2,1H3;1H. The smallest absolute Gasteiger partial charge is 0.242 e. The summed E-state index contributed by atoms with van der Waals surface area (Å²) in [5.41, 5.74) is 0. The molecule has 0 saturated heterocycles. The predicted molar refractivity (Wildman–Crippen MR) is 85.1 cm³/mol. The number of sulfonamides is 1. The summed E-state index contributed by atoms with van der Waals surface area (Å²) in [4.78, 5) is -0.0122. The lowest BCUT2D eigenvalue weighted by atomic mass is 10.4. The van der Waals surface area contributed by atoms with E-state index in [-0.39, 0.29) is 27.3 Å². The number of rotatable bonds is 6. The summed E-state index contributed by atoms with van der Waals surface area (Å²) in [6, 6.07) is 2.97. The molecule has 1 rings (SSSR count). The van der Waals surface area contributed by atoms with Gasteiger partial charge in [-0.3, -0.25) is 0 Å². The highest BCUT2D eigenvalue weighted by molar-refractivity contribution is 9.10. The molecule has 0 aromatic heterocycles. The normalized spacial score (nSPS) is 11.2. The van der Waals surface area contributed by atoms with Crippen LogP contribution in [0.2, 0.25) is 10.0 Å². The molecule has 1 aromatic carbocycles. The van der Waals surface area contributed by atoms with E-state index >= 15 is 0 Å². The van der Waals surface area contributed by atoms with E-state index in [4.69, 9.17) is 23.2 Å². The molecule has 9 heteroatoms. The van der Waals surface area contributed by atoms with Crippen molar-refractivity contribution in [1.29, 1.82) is 0 Å². The molecule has 0 heterocycles. The Bertz CT molecular complexity index is 526. The first-order valence-electron chi connectivity index (χ1n) is 5.18. The summed E-state index contributed by atoms with van der Waals surface area (Å²) in [7, 11) is -1.82. The van der Waals surface area contributed by atoms with Crippen LogP contribution in [0.15, 0.2) is 21.5 Å². The van der Waals surface area contributed by atoms with Crippen molar-refractivity contribution in [3.8, 4) is 0 Å². The fourth-order valence-corrected chi connectivity index (χ4v) is 3.55. The molecule has 0 atom stereocenters. The summed E-state index contributed by atoms with van der Waals surface area (Å²) in [5, 5.41) is 3.14. The van der Waals surface area contributed by atoms with Gasteiger partial charge in [-0.1, -0.05) is 23.2 Å². The van der Waals surface area contributed by atoms with Crippen molar-refractivity contribution in [1.82, 2.24) is 10.0 Å². The molecule has 0 aliphatic rings. The minimum atomic E-state index is -3.63. The van der Waals surface area contributed by atoms with Crippen molar-refractivity contribution in [2.24, 2.45) is 0 Å². The van der Waals surface area contributed by atoms with Gasteiger partial charge in [0.1, 0.15) is 4.90 Å². The van der Waals surface area contributed by atoms with Gasteiger partial charge in [0.2, 0.25) is 10.0 Å². The summed E-state index contributed by atoms with van der Waals surface area (Å²) in [6.45, 7) is 1.07. The van der Waals surface area contributed by atoms with Gasteiger partial charge in [-0.15, -0.1) is 12.4 Å². The Morgan fingerprint density at radius 2 is 1.84 bits per heavy atom. The van der Waals surface area contributed by atoms with Crippen LogP contribution in [0.5, 0.6) is 0 Å². The number of halogens is 4. The van der Waals surface area contributed by atoms with Crippen molar-refractivity contribution < 1.29 is 8.42 Å². The van der Waals surface area contributed by atoms with Crippen LogP contribution in [0.3, 0.4) is 0 Å². The monoisotopic (exact) mass is 410 g/mol. The summed E-state index contributed by atoms with van der Waals surface area (Å²) >= 11 is 15.0. The van der Waals surface area contributed by atoms with Crippen molar-refractivity contribution in [3.05, 3.63) is 26.7 Å². The number of benzene rings is 1. The first-order chi connectivity index (χ1) is 8.40. The minimum Gasteiger partial charge on any atom is -0.320 e. The Morgan fingerprint density at radius 1 is 1.21 bits per heavy atom. The van der Waals surface area contributed by atoms with Gasteiger partial charge < -0.3 is 5.32 Å². The maximum absolute atomic E-state index is 12.0. The van der Waals surface area contributed by atoms with Gasteiger partial charge >= 0.3 is 0 Å². The van der Waals surface area contributed by atoms with Crippen molar-refractivity contribution in [3.63, 3.8) is 0 Å². The van der Waals surface area contributed by atoms with Gasteiger partial charge in [0.25, 0.3) is 0 Å². The van der Waals surface area contributed by atoms with E-state index in [2.05, 4.69) is 26.0 Å². The van der Waals surface area contributed by atoms with Gasteiger partial charge in [-0.25, -0.2) is 13.1 Å². The van der Waals surface area contributed by atoms with E-state index in [0.29, 0.717) is 17.4 Å². The largest absolute Gasteiger partial charge is 0.320 e. The Kier molecular flexibility index (Phi) is 8.87. The van der Waals surface area contributed by atoms with Crippen LogP contribution in [0.25, 0.3) is 0 Å². The third-order valence-electron chi connectivity index (χ3n) is 2.18. The zero-order valence-electron chi connectivity index (χ0n) is 10.0. The molecule has 0 fully saturated rings. The lowest BCUT2D eigenvalue weighted by molar-refractivity contribution is 0.577. The quantitative estimate of drug-likeness (QED) is 0.558. The second-order valence-electron chi connectivity index (χ2n) is 3.53. The summed E-state index contributed by atoms with van der Waals surface area (Å²) in [5.74, 6) is 0. The molecular formula is C10H14BrCl3N2O2S. The second-order valence-corrected chi connectivity index (χ2v) is 6.87. The van der Waals surface area contributed by atoms with Gasteiger partial charge in [0.05, 0.1) is 10.0 Å². The minimum absolute atomic E-state index is 0. The third kappa shape index (κ3) is 5.38. The Labute approximate surface area is 137 Å². The van der Waals surface area contributed by atoms with Crippen LogP contribution < -0.4 is 10.0 Å². The summed E-state index contributed by atoms with van der Waals surface area (Å²) < 4.78 is 27.0. The van der Waals surface area contributed by atoms with Crippen LogP contribution in [-0.2, 0) is 10.0 Å². The lowest BCUT2D eigenvalue weighted by Crippen LogP contribution is -2.27. The highest BCUT2D eigenvalue weighted by Crippen LogP contribution is 2.34. The average Bonchev–Trinajstić information content (AvgIpc) is 2.31. The van der Waals surface area contributed by atoms with Gasteiger partial charge in [-0.2, -0.15) is 0 Å². The van der Waals surface area contributed by atoms with Crippen molar-refractivity contribution in [2.45, 2.75) is 11.3 Å². The predicted octanol–water partition coefficient (Wildman–Crippen LogP) is 3.07. The first-order valence-corrected chi connectivity index (χ1v) is 8.21. The second kappa shape index (κ2) is 8.67. The molecule has 4 nitrogen and oxygen atoms in total. The Morgan fingerprint density at radius 3 is 2.42 bits per heavy atom. The molecule has 19 heavy (non-hydrogen) atoms. The maximum Gasteiger partial charge on any atom is 0.242 e. The van der Waals surface area contributed by atoms with E-state index in [0.717, 1.165) is 6.54 Å². The molecule has 0 aliphatic carbocycles. The highest BCUT2D eigenvalue weighted by Gasteiger charge is 2.20. The van der Waals surface area contributed by atoms with E-state index in [1.165, 1.54) is 6.07 Å². The molecular weight excluding hydrogens is 398 g/mol. The number of hydrogen-bond acceptors (Lipinski definition) is 3. The average molecular weight is 413 g/mol. The number of nitrogens with one attached hydrogen (secondary N) is 2. The molecule has 0 radical (unpaired) electrons. The first kappa shape index (κ1) is 19.4. The van der Waals surface area contributed by atoms with E-state index in [9.17, 15) is 8.42 Å². The maximum atomic E-state index is 12.0. The van der Waals surface area contributed by atoms with Gasteiger partial charge in [0, 0.05) is 11.0 Å². The van der Waals surface area contributed by atoms with Gasteiger partial charge in [-0.05, 0) is 48.1 Å². The van der Waals surface area contributed by atoms with Crippen molar-refractivity contribution >= 4 is 61.6 Å². The van der Waals surface area contributed by atoms with Crippen LogP contribution in [0, 0.1) is 0 Å². The number of hydrogen-bond donors (Lipinski definition) is 2. The van der Waals surface area contributed by atoms with E-state index < -0.39 is 10.0 Å². The van der Waals surface area contributed by atoms with E-state index in [1.807, 2.05) is 0 Å². The molecule has 2 N–H and O–H groups in total. The van der Waals surface area contributed by atoms with E-state index in [1.54, 1.807) is 13.1 Å². The fourth-order valence-electron chi connectivity index (χ4n) is 1.27. The molecule has 0 aliphatic heterocycles. The van der Waals surface area contributed by atoms with Crippen LogP contribution in [-0.4, -0.2) is 28.6 Å².